The molecule has 0 aromatic carbocycles. The molecule has 128 valence electrons. The van der Waals surface area contributed by atoms with Crippen molar-refractivity contribution in [3.05, 3.63) is 36.2 Å². The molecule has 1 unspecified atom stereocenters. The molecule has 24 heavy (non-hydrogen) atoms. The molecule has 1 aliphatic carbocycles. The monoisotopic (exact) mass is 348 g/mol. The number of imidazole rings is 1. The Bertz CT molecular complexity index is 831. The van der Waals surface area contributed by atoms with Gasteiger partial charge in [0.15, 0.2) is 0 Å². The van der Waals surface area contributed by atoms with Gasteiger partial charge in [-0.05, 0) is 18.9 Å². The fraction of sp³-hybridized carbons (Fsp3) is 0.533. The lowest BCUT2D eigenvalue weighted by Gasteiger charge is -2.34. The highest BCUT2D eigenvalue weighted by atomic mass is 32.2. The number of fused-ring (bicyclic) bond motifs is 1. The summed E-state index contributed by atoms with van der Waals surface area (Å²) in [4.78, 5) is 12.6. The van der Waals surface area contributed by atoms with Crippen LogP contribution < -0.4 is 5.32 Å². The van der Waals surface area contributed by atoms with Crippen LogP contribution in [0.15, 0.2) is 24.8 Å². The molecule has 1 fully saturated rings. The van der Waals surface area contributed by atoms with Crippen LogP contribution in [0.5, 0.6) is 0 Å². The predicted molar refractivity (Wildman–Crippen MR) is 88.7 cm³/mol. The molecule has 2 aromatic rings. The molecule has 0 saturated heterocycles. The number of rotatable bonds is 5. The Morgan fingerprint density at radius 3 is 2.71 bits per heavy atom. The molecule has 3 heterocycles. The molecular formula is C15H20N6O2S. The largest absolute Gasteiger partial charge is 0.353 e. The predicted octanol–water partition coefficient (Wildman–Crippen LogP) is 0.541. The van der Waals surface area contributed by atoms with Crippen LogP contribution in [0.4, 0.5) is 5.95 Å². The smallest absolute Gasteiger partial charge is 0.222 e. The normalized spacial score (nSPS) is 21.5. The van der Waals surface area contributed by atoms with Crippen LogP contribution in [0, 0.1) is 0 Å². The summed E-state index contributed by atoms with van der Waals surface area (Å²) in [7, 11) is -1.33. The first-order valence-corrected chi connectivity index (χ1v) is 9.56. The van der Waals surface area contributed by atoms with Crippen molar-refractivity contribution in [1.82, 2.24) is 23.8 Å². The van der Waals surface area contributed by atoms with Crippen molar-refractivity contribution in [2.45, 2.75) is 37.1 Å². The van der Waals surface area contributed by atoms with Gasteiger partial charge in [0.25, 0.3) is 0 Å². The van der Waals surface area contributed by atoms with Crippen LogP contribution in [0.25, 0.3) is 0 Å². The Labute approximate surface area is 141 Å². The molecule has 1 saturated carbocycles. The first-order chi connectivity index (χ1) is 11.6. The summed E-state index contributed by atoms with van der Waals surface area (Å²) in [6, 6.07) is 1.58. The van der Waals surface area contributed by atoms with Gasteiger partial charge in [0.1, 0.15) is 0 Å². The zero-order valence-corrected chi connectivity index (χ0v) is 14.3. The zero-order valence-electron chi connectivity index (χ0n) is 13.5. The van der Waals surface area contributed by atoms with Crippen molar-refractivity contribution >= 4 is 16.0 Å². The van der Waals surface area contributed by atoms with E-state index in [1.54, 1.807) is 29.1 Å². The maximum atomic E-state index is 12.8. The second kappa shape index (κ2) is 5.82. The van der Waals surface area contributed by atoms with E-state index in [1.807, 2.05) is 11.6 Å². The summed E-state index contributed by atoms with van der Waals surface area (Å²) < 4.78 is 29.2. The summed E-state index contributed by atoms with van der Waals surface area (Å²) in [5, 5.41) is 2.94. The van der Waals surface area contributed by atoms with Crippen molar-refractivity contribution in [3.8, 4) is 0 Å². The SMILES string of the molecule is Cn1cnc2c1CC(CNc1ncccn1)N(S(=O)(=O)C1CC1)C2. The first kappa shape index (κ1) is 15.5. The third-order valence-corrected chi connectivity index (χ3v) is 7.02. The van der Waals surface area contributed by atoms with Crippen molar-refractivity contribution in [3.63, 3.8) is 0 Å². The first-order valence-electron chi connectivity index (χ1n) is 8.06. The number of aromatic nitrogens is 4. The van der Waals surface area contributed by atoms with Gasteiger partial charge in [-0.25, -0.2) is 23.4 Å². The number of hydrogen-bond donors (Lipinski definition) is 1. The molecule has 1 atom stereocenters. The van der Waals surface area contributed by atoms with Crippen LogP contribution in [-0.4, -0.2) is 50.1 Å². The van der Waals surface area contributed by atoms with Gasteiger partial charge in [0, 0.05) is 44.1 Å². The summed E-state index contributed by atoms with van der Waals surface area (Å²) in [6.07, 6.45) is 7.23. The fourth-order valence-electron chi connectivity index (χ4n) is 3.13. The lowest BCUT2D eigenvalue weighted by atomic mass is 10.1. The van der Waals surface area contributed by atoms with E-state index in [4.69, 9.17) is 0 Å². The van der Waals surface area contributed by atoms with E-state index in [2.05, 4.69) is 20.3 Å². The van der Waals surface area contributed by atoms with Crippen LogP contribution in [0.3, 0.4) is 0 Å². The number of anilines is 1. The Balaban J connectivity index is 1.59. The molecule has 2 aliphatic rings. The van der Waals surface area contributed by atoms with E-state index in [1.165, 1.54) is 0 Å². The van der Waals surface area contributed by atoms with Crippen LogP contribution >= 0.6 is 0 Å². The highest BCUT2D eigenvalue weighted by Crippen LogP contribution is 2.35. The van der Waals surface area contributed by atoms with E-state index in [-0.39, 0.29) is 11.3 Å². The number of sulfonamides is 1. The molecule has 0 bridgehead atoms. The van der Waals surface area contributed by atoms with E-state index >= 15 is 0 Å². The molecule has 0 radical (unpaired) electrons. The van der Waals surface area contributed by atoms with Crippen LogP contribution in [0.2, 0.25) is 0 Å². The zero-order chi connectivity index (χ0) is 16.7. The van der Waals surface area contributed by atoms with Crippen molar-refractivity contribution in [2.75, 3.05) is 11.9 Å². The molecule has 9 heteroatoms. The molecule has 0 amide bonds. The summed E-state index contributed by atoms with van der Waals surface area (Å²) in [5.41, 5.74) is 1.95. The second-order valence-electron chi connectivity index (χ2n) is 6.35. The van der Waals surface area contributed by atoms with Gasteiger partial charge in [-0.1, -0.05) is 0 Å². The number of hydrogen-bond acceptors (Lipinski definition) is 6. The number of aryl methyl sites for hydroxylation is 1. The minimum absolute atomic E-state index is 0.165. The Morgan fingerprint density at radius 2 is 2.00 bits per heavy atom. The molecule has 8 nitrogen and oxygen atoms in total. The standard InChI is InChI=1S/C15H20N6O2S/c1-20-10-19-13-9-21(24(22,23)12-3-4-12)11(7-14(13)20)8-18-15-16-5-2-6-17-15/h2,5-6,10-12H,3-4,7-9H2,1H3,(H,16,17,18). The van der Waals surface area contributed by atoms with E-state index in [9.17, 15) is 8.42 Å². The Kier molecular flexibility index (Phi) is 3.76. The van der Waals surface area contributed by atoms with E-state index in [0.29, 0.717) is 25.5 Å². The van der Waals surface area contributed by atoms with Crippen molar-refractivity contribution in [1.29, 1.82) is 0 Å². The third-order valence-electron chi connectivity index (χ3n) is 4.62. The number of nitrogens with one attached hydrogen (secondary N) is 1. The molecule has 4 rings (SSSR count). The summed E-state index contributed by atoms with van der Waals surface area (Å²) in [5.74, 6) is 0.511. The maximum absolute atomic E-state index is 12.8. The van der Waals surface area contributed by atoms with Gasteiger partial charge in [0.05, 0.1) is 23.8 Å². The lowest BCUT2D eigenvalue weighted by molar-refractivity contribution is 0.293. The highest BCUT2D eigenvalue weighted by Gasteiger charge is 2.45. The second-order valence-corrected chi connectivity index (χ2v) is 8.52. The highest BCUT2D eigenvalue weighted by molar-refractivity contribution is 7.90. The fourth-order valence-corrected chi connectivity index (χ4v) is 5.11. The van der Waals surface area contributed by atoms with Crippen LogP contribution in [0.1, 0.15) is 24.2 Å². The van der Waals surface area contributed by atoms with Crippen molar-refractivity contribution in [2.24, 2.45) is 7.05 Å². The minimum atomic E-state index is -3.27. The summed E-state index contributed by atoms with van der Waals surface area (Å²) >= 11 is 0. The van der Waals surface area contributed by atoms with Gasteiger partial charge in [-0.2, -0.15) is 4.31 Å². The van der Waals surface area contributed by atoms with Gasteiger partial charge in [-0.15, -0.1) is 0 Å². The molecule has 2 aromatic heterocycles. The average Bonchev–Trinajstić information content (AvgIpc) is 3.39. The third kappa shape index (κ3) is 2.78. The van der Waals surface area contributed by atoms with Gasteiger partial charge < -0.3 is 9.88 Å². The molecule has 1 aliphatic heterocycles. The average molecular weight is 348 g/mol. The van der Waals surface area contributed by atoms with Gasteiger partial charge in [-0.3, -0.25) is 0 Å². The molecule has 1 N–H and O–H groups in total. The Hall–Kier alpha value is -2.00. The van der Waals surface area contributed by atoms with Crippen LogP contribution in [-0.2, 0) is 30.0 Å². The van der Waals surface area contributed by atoms with Gasteiger partial charge in [0.2, 0.25) is 16.0 Å². The topological polar surface area (TPSA) is 93.0 Å². The summed E-state index contributed by atoms with van der Waals surface area (Å²) in [6.45, 7) is 0.817. The lowest BCUT2D eigenvalue weighted by Crippen LogP contribution is -2.49. The Morgan fingerprint density at radius 1 is 1.25 bits per heavy atom. The number of nitrogens with zero attached hydrogens (tertiary/aromatic N) is 5. The molecular weight excluding hydrogens is 328 g/mol. The minimum Gasteiger partial charge on any atom is -0.353 e. The quantitative estimate of drug-likeness (QED) is 0.848. The van der Waals surface area contributed by atoms with E-state index in [0.717, 1.165) is 24.2 Å². The maximum Gasteiger partial charge on any atom is 0.222 e. The molecule has 0 spiro atoms. The van der Waals surface area contributed by atoms with Gasteiger partial charge >= 0.3 is 0 Å². The van der Waals surface area contributed by atoms with E-state index < -0.39 is 10.0 Å². The van der Waals surface area contributed by atoms with Crippen molar-refractivity contribution < 1.29 is 8.42 Å².